The van der Waals surface area contributed by atoms with Gasteiger partial charge in [-0.25, -0.2) is 4.79 Å². The molecule has 4 rings (SSSR count). The van der Waals surface area contributed by atoms with Crippen LogP contribution in [0.25, 0.3) is 11.1 Å². The summed E-state index contributed by atoms with van der Waals surface area (Å²) in [4.78, 5) is 29.2. The molecule has 0 spiro atoms. The zero-order valence-corrected chi connectivity index (χ0v) is 19.1. The predicted octanol–water partition coefficient (Wildman–Crippen LogP) is 4.69. The van der Waals surface area contributed by atoms with Crippen molar-refractivity contribution in [1.82, 2.24) is 15.5 Å². The van der Waals surface area contributed by atoms with Crippen LogP contribution in [0.3, 0.4) is 0 Å². The highest BCUT2D eigenvalue weighted by Crippen LogP contribution is 2.44. The lowest BCUT2D eigenvalue weighted by molar-refractivity contribution is -0.155. The smallest absolute Gasteiger partial charge is 0.407 e. The van der Waals surface area contributed by atoms with E-state index >= 15 is 0 Å². The Morgan fingerprint density at radius 1 is 1.06 bits per heavy atom. The molecule has 0 aliphatic heterocycles. The molecule has 1 aromatic heterocycles. The minimum atomic E-state index is -0.864. The topological polar surface area (TPSA) is 104 Å². The Bertz CT molecular complexity index is 1120. The van der Waals surface area contributed by atoms with Gasteiger partial charge in [0.1, 0.15) is 18.2 Å². The van der Waals surface area contributed by atoms with E-state index in [9.17, 15) is 9.59 Å². The number of hydrogen-bond donors (Lipinski definition) is 1. The number of carbonyl (C=O) groups excluding carboxylic acids is 2. The summed E-state index contributed by atoms with van der Waals surface area (Å²) >= 11 is 0. The first-order chi connectivity index (χ1) is 15.7. The molecule has 1 aliphatic rings. The van der Waals surface area contributed by atoms with Crippen LogP contribution in [0.4, 0.5) is 4.79 Å². The molecule has 0 saturated heterocycles. The fraction of sp³-hybridized carbons (Fsp3) is 0.360. The number of ether oxygens (including phenoxy) is 2. The SMILES string of the molecule is Cc1noc([C@@H](CC(=O)OC(C)(C)C)NC(=O)OCC2c3ccccc3-c3ccccc32)n1. The van der Waals surface area contributed by atoms with E-state index in [-0.39, 0.29) is 24.8 Å². The summed E-state index contributed by atoms with van der Waals surface area (Å²) in [6, 6.07) is 15.3. The second kappa shape index (κ2) is 9.05. The zero-order chi connectivity index (χ0) is 23.6. The summed E-state index contributed by atoms with van der Waals surface area (Å²) in [5.41, 5.74) is 3.86. The summed E-state index contributed by atoms with van der Waals surface area (Å²) in [7, 11) is 0. The maximum atomic E-state index is 12.7. The molecule has 2 aromatic carbocycles. The van der Waals surface area contributed by atoms with Gasteiger partial charge in [0.2, 0.25) is 5.89 Å². The molecule has 1 heterocycles. The normalized spacial score (nSPS) is 13.7. The first kappa shape index (κ1) is 22.5. The van der Waals surface area contributed by atoms with Crippen LogP contribution in [0.1, 0.15) is 62.0 Å². The van der Waals surface area contributed by atoms with Crippen molar-refractivity contribution in [1.29, 1.82) is 0 Å². The summed E-state index contributed by atoms with van der Waals surface area (Å²) in [6.45, 7) is 7.13. The molecule has 1 N–H and O–H groups in total. The number of nitrogens with zero attached hydrogens (tertiary/aromatic N) is 2. The molecule has 0 bridgehead atoms. The number of alkyl carbamates (subject to hydrolysis) is 1. The van der Waals surface area contributed by atoms with E-state index in [1.54, 1.807) is 27.7 Å². The molecular formula is C25H27N3O5. The fourth-order valence-electron chi connectivity index (χ4n) is 3.99. The van der Waals surface area contributed by atoms with Crippen molar-refractivity contribution in [3.8, 4) is 11.1 Å². The van der Waals surface area contributed by atoms with E-state index in [0.29, 0.717) is 5.82 Å². The second-order valence-electron chi connectivity index (χ2n) is 8.99. The number of benzene rings is 2. The Morgan fingerprint density at radius 2 is 1.67 bits per heavy atom. The van der Waals surface area contributed by atoms with Gasteiger partial charge in [0.25, 0.3) is 0 Å². The van der Waals surface area contributed by atoms with Crippen molar-refractivity contribution in [2.75, 3.05) is 6.61 Å². The number of aryl methyl sites for hydroxylation is 1. The third-order valence-corrected chi connectivity index (χ3v) is 5.27. The van der Waals surface area contributed by atoms with Crippen LogP contribution in [0.15, 0.2) is 53.1 Å². The average molecular weight is 450 g/mol. The van der Waals surface area contributed by atoms with Gasteiger partial charge < -0.3 is 19.3 Å². The molecule has 1 amide bonds. The van der Waals surface area contributed by atoms with Gasteiger partial charge in [-0.05, 0) is 49.9 Å². The van der Waals surface area contributed by atoms with E-state index in [2.05, 4.69) is 27.6 Å². The third kappa shape index (κ3) is 5.22. The number of amides is 1. The Labute approximate surface area is 192 Å². The number of hydrogen-bond acceptors (Lipinski definition) is 7. The van der Waals surface area contributed by atoms with E-state index in [1.807, 2.05) is 36.4 Å². The highest BCUT2D eigenvalue weighted by molar-refractivity contribution is 5.79. The lowest BCUT2D eigenvalue weighted by atomic mass is 9.98. The first-order valence-electron chi connectivity index (χ1n) is 10.8. The number of rotatable bonds is 6. The van der Waals surface area contributed by atoms with Crippen molar-refractivity contribution in [3.05, 3.63) is 71.4 Å². The van der Waals surface area contributed by atoms with Crippen LogP contribution in [0, 0.1) is 6.92 Å². The van der Waals surface area contributed by atoms with Gasteiger partial charge in [0.15, 0.2) is 5.82 Å². The highest BCUT2D eigenvalue weighted by Gasteiger charge is 2.31. The molecule has 172 valence electrons. The summed E-state index contributed by atoms with van der Waals surface area (Å²) in [5, 5.41) is 6.43. The quantitative estimate of drug-likeness (QED) is 0.545. The monoisotopic (exact) mass is 449 g/mol. The van der Waals surface area contributed by atoms with Crippen LogP contribution in [0.2, 0.25) is 0 Å². The maximum absolute atomic E-state index is 12.7. The van der Waals surface area contributed by atoms with Crippen LogP contribution in [-0.4, -0.2) is 34.4 Å². The minimum Gasteiger partial charge on any atom is -0.460 e. The fourth-order valence-corrected chi connectivity index (χ4v) is 3.99. The molecule has 0 saturated carbocycles. The van der Waals surface area contributed by atoms with Crippen LogP contribution >= 0.6 is 0 Å². The molecule has 1 atom stereocenters. The van der Waals surface area contributed by atoms with Gasteiger partial charge in [-0.15, -0.1) is 0 Å². The molecule has 0 fully saturated rings. The lowest BCUT2D eigenvalue weighted by Gasteiger charge is -2.21. The molecule has 33 heavy (non-hydrogen) atoms. The van der Waals surface area contributed by atoms with E-state index in [0.717, 1.165) is 22.3 Å². The second-order valence-corrected chi connectivity index (χ2v) is 8.99. The first-order valence-corrected chi connectivity index (χ1v) is 10.8. The number of carbonyl (C=O) groups is 2. The van der Waals surface area contributed by atoms with Gasteiger partial charge in [0, 0.05) is 5.92 Å². The molecule has 0 unspecified atom stereocenters. The largest absolute Gasteiger partial charge is 0.460 e. The van der Waals surface area contributed by atoms with E-state index in [1.165, 1.54) is 0 Å². The highest BCUT2D eigenvalue weighted by atomic mass is 16.6. The Balaban J connectivity index is 1.45. The van der Waals surface area contributed by atoms with Crippen molar-refractivity contribution in [2.45, 2.75) is 51.7 Å². The van der Waals surface area contributed by atoms with E-state index in [4.69, 9.17) is 14.0 Å². The van der Waals surface area contributed by atoms with Crippen molar-refractivity contribution < 1.29 is 23.6 Å². The van der Waals surface area contributed by atoms with Crippen molar-refractivity contribution in [2.24, 2.45) is 0 Å². The molecule has 0 radical (unpaired) electrons. The van der Waals surface area contributed by atoms with Crippen molar-refractivity contribution >= 4 is 12.1 Å². The standard InChI is InChI=1S/C25H27N3O5/c1-15-26-23(33-28-15)21(13-22(29)32-25(2,3)4)27-24(30)31-14-20-18-11-7-5-9-16(18)17-10-6-8-12-19(17)20/h5-12,20-21H,13-14H2,1-4H3,(H,27,30)/t21-/m1/s1. The van der Waals surface area contributed by atoms with Gasteiger partial charge in [-0.1, -0.05) is 53.7 Å². The summed E-state index contributed by atoms with van der Waals surface area (Å²) in [5.74, 6) is -0.0548. The number of fused-ring (bicyclic) bond motifs is 3. The van der Waals surface area contributed by atoms with E-state index < -0.39 is 23.7 Å². The Kier molecular flexibility index (Phi) is 6.18. The molecule has 8 heteroatoms. The van der Waals surface area contributed by atoms with Gasteiger partial charge in [0.05, 0.1) is 6.42 Å². The van der Waals surface area contributed by atoms with Crippen LogP contribution in [-0.2, 0) is 14.3 Å². The summed E-state index contributed by atoms with van der Waals surface area (Å²) in [6.07, 6.45) is -0.843. The van der Waals surface area contributed by atoms with Gasteiger partial charge in [-0.3, -0.25) is 4.79 Å². The van der Waals surface area contributed by atoms with Crippen LogP contribution in [0.5, 0.6) is 0 Å². The van der Waals surface area contributed by atoms with Gasteiger partial charge in [-0.2, -0.15) is 4.98 Å². The molecule has 3 aromatic rings. The Hall–Kier alpha value is -3.68. The van der Waals surface area contributed by atoms with Crippen LogP contribution < -0.4 is 5.32 Å². The maximum Gasteiger partial charge on any atom is 0.407 e. The zero-order valence-electron chi connectivity index (χ0n) is 19.1. The number of aromatic nitrogens is 2. The predicted molar refractivity (Wildman–Crippen MR) is 120 cm³/mol. The third-order valence-electron chi connectivity index (χ3n) is 5.27. The summed E-state index contributed by atoms with van der Waals surface area (Å²) < 4.78 is 16.2. The Morgan fingerprint density at radius 3 is 2.21 bits per heavy atom. The molecule has 1 aliphatic carbocycles. The van der Waals surface area contributed by atoms with Crippen molar-refractivity contribution in [3.63, 3.8) is 0 Å². The number of esters is 1. The average Bonchev–Trinajstić information content (AvgIpc) is 3.32. The van der Waals surface area contributed by atoms with Gasteiger partial charge >= 0.3 is 12.1 Å². The minimum absolute atomic E-state index is 0.0712. The lowest BCUT2D eigenvalue weighted by Crippen LogP contribution is -2.33. The number of nitrogens with one attached hydrogen (secondary N) is 1. The molecular weight excluding hydrogens is 422 g/mol. The molecule has 8 nitrogen and oxygen atoms in total.